The van der Waals surface area contributed by atoms with Crippen LogP contribution in [0.15, 0.2) is 72.9 Å². The van der Waals surface area contributed by atoms with Crippen molar-refractivity contribution in [1.82, 2.24) is 4.40 Å². The summed E-state index contributed by atoms with van der Waals surface area (Å²) in [4.78, 5) is 24.9. The monoisotopic (exact) mass is 405 g/mol. The second-order valence-corrected chi connectivity index (χ2v) is 6.62. The first kappa shape index (κ1) is 19.5. The normalized spacial score (nSPS) is 10.9. The van der Waals surface area contributed by atoms with Crippen LogP contribution in [0, 0.1) is 11.6 Å². The zero-order valence-corrected chi connectivity index (χ0v) is 16.1. The fourth-order valence-electron chi connectivity index (χ4n) is 3.40. The number of pyridine rings is 1. The molecule has 0 N–H and O–H groups in total. The fraction of sp³-hybridized carbons (Fsp3) is 0.0833. The van der Waals surface area contributed by atoms with Crippen molar-refractivity contribution < 1.29 is 23.1 Å². The van der Waals surface area contributed by atoms with Gasteiger partial charge in [-0.25, -0.2) is 13.6 Å². The van der Waals surface area contributed by atoms with Crippen LogP contribution >= 0.6 is 0 Å². The smallest absolute Gasteiger partial charge is 0.338 e. The number of nitrogens with zero attached hydrogens (tertiary/aromatic N) is 1. The average molecular weight is 405 g/mol. The highest BCUT2D eigenvalue weighted by molar-refractivity contribution is 6.10. The van der Waals surface area contributed by atoms with E-state index in [0.717, 1.165) is 17.7 Å². The fourth-order valence-corrected chi connectivity index (χ4v) is 3.40. The molecule has 0 saturated heterocycles. The zero-order valence-electron chi connectivity index (χ0n) is 16.1. The summed E-state index contributed by atoms with van der Waals surface area (Å²) in [6.07, 6.45) is 1.66. The van der Waals surface area contributed by atoms with Gasteiger partial charge in [-0.15, -0.1) is 0 Å². The number of carbonyl (C=O) groups excluding carboxylic acids is 2. The van der Waals surface area contributed by atoms with Crippen molar-refractivity contribution in [3.05, 3.63) is 101 Å². The van der Waals surface area contributed by atoms with Crippen molar-refractivity contribution in [2.75, 3.05) is 6.61 Å². The van der Waals surface area contributed by atoms with Gasteiger partial charge in [-0.05, 0) is 55.0 Å². The second-order valence-electron chi connectivity index (χ2n) is 6.62. The summed E-state index contributed by atoms with van der Waals surface area (Å²) in [5.74, 6) is -2.99. The van der Waals surface area contributed by atoms with Crippen molar-refractivity contribution in [2.45, 2.75) is 6.92 Å². The van der Waals surface area contributed by atoms with Gasteiger partial charge < -0.3 is 9.14 Å². The number of rotatable bonds is 5. The minimum absolute atomic E-state index is 0.138. The van der Waals surface area contributed by atoms with Crippen LogP contribution < -0.4 is 0 Å². The number of benzene rings is 2. The van der Waals surface area contributed by atoms with Crippen LogP contribution in [0.4, 0.5) is 8.78 Å². The topological polar surface area (TPSA) is 47.8 Å². The lowest BCUT2D eigenvalue weighted by Gasteiger charge is -2.05. The Kier molecular flexibility index (Phi) is 5.14. The van der Waals surface area contributed by atoms with Crippen LogP contribution in [-0.2, 0) is 4.74 Å². The van der Waals surface area contributed by atoms with E-state index in [0.29, 0.717) is 16.6 Å². The number of hydrogen-bond acceptors (Lipinski definition) is 3. The molecule has 0 aliphatic carbocycles. The largest absolute Gasteiger partial charge is 0.462 e. The molecule has 0 spiro atoms. The summed E-state index contributed by atoms with van der Waals surface area (Å²) >= 11 is 0. The molecule has 4 aromatic rings. The maximum Gasteiger partial charge on any atom is 0.338 e. The summed E-state index contributed by atoms with van der Waals surface area (Å²) in [6.45, 7) is 2.01. The van der Waals surface area contributed by atoms with Crippen molar-refractivity contribution in [3.63, 3.8) is 0 Å². The van der Waals surface area contributed by atoms with E-state index in [1.54, 1.807) is 53.9 Å². The number of hydrogen-bond donors (Lipinski definition) is 0. The minimum Gasteiger partial charge on any atom is -0.462 e. The van der Waals surface area contributed by atoms with Crippen LogP contribution in [0.3, 0.4) is 0 Å². The van der Waals surface area contributed by atoms with Gasteiger partial charge in [0.1, 0.15) is 11.6 Å². The number of fused-ring (bicyclic) bond motifs is 1. The van der Waals surface area contributed by atoms with Crippen molar-refractivity contribution in [2.24, 2.45) is 0 Å². The molecule has 2 aromatic carbocycles. The first-order chi connectivity index (χ1) is 14.5. The maximum absolute atomic E-state index is 14.2. The number of esters is 1. The Hall–Kier alpha value is -3.80. The van der Waals surface area contributed by atoms with Crippen molar-refractivity contribution in [3.8, 4) is 11.1 Å². The van der Waals surface area contributed by atoms with Gasteiger partial charge in [0.2, 0.25) is 5.78 Å². The van der Waals surface area contributed by atoms with Gasteiger partial charge in [-0.1, -0.05) is 24.3 Å². The lowest BCUT2D eigenvalue weighted by Crippen LogP contribution is -2.09. The van der Waals surface area contributed by atoms with Crippen LogP contribution in [0.5, 0.6) is 0 Å². The van der Waals surface area contributed by atoms with E-state index >= 15 is 0 Å². The Morgan fingerprint density at radius 2 is 1.63 bits per heavy atom. The molecule has 2 aromatic heterocycles. The van der Waals surface area contributed by atoms with E-state index in [1.807, 2.05) is 12.1 Å². The van der Waals surface area contributed by atoms with Crippen LogP contribution in [0.1, 0.15) is 33.3 Å². The molecule has 0 unspecified atom stereocenters. The van der Waals surface area contributed by atoms with Gasteiger partial charge in [-0.2, -0.15) is 0 Å². The lowest BCUT2D eigenvalue weighted by molar-refractivity contribution is 0.0526. The van der Waals surface area contributed by atoms with E-state index in [1.165, 1.54) is 6.07 Å². The molecule has 0 amide bonds. The molecule has 0 atom stereocenters. The number of carbonyl (C=O) groups is 2. The average Bonchev–Trinajstić information content (AvgIpc) is 3.13. The predicted molar refractivity (Wildman–Crippen MR) is 109 cm³/mol. The van der Waals surface area contributed by atoms with E-state index < -0.39 is 29.0 Å². The zero-order chi connectivity index (χ0) is 21.3. The molecule has 0 bridgehead atoms. The van der Waals surface area contributed by atoms with Gasteiger partial charge in [0.25, 0.3) is 0 Å². The molecule has 150 valence electrons. The molecule has 2 heterocycles. The highest BCUT2D eigenvalue weighted by Gasteiger charge is 2.23. The molecule has 0 radical (unpaired) electrons. The Labute approximate surface area is 171 Å². The molecular weight excluding hydrogens is 388 g/mol. The third kappa shape index (κ3) is 3.37. The summed E-state index contributed by atoms with van der Waals surface area (Å²) in [5, 5.41) is 0. The SMILES string of the molecule is CCOC(=O)c1ccc(-c2cc(C(=O)c3c(F)cccc3F)n3ccccc23)cc1. The van der Waals surface area contributed by atoms with Crippen molar-refractivity contribution in [1.29, 1.82) is 0 Å². The summed E-state index contributed by atoms with van der Waals surface area (Å²) in [5.41, 5.74) is 2.10. The van der Waals surface area contributed by atoms with Crippen LogP contribution in [-0.4, -0.2) is 22.8 Å². The second kappa shape index (κ2) is 7.91. The minimum atomic E-state index is -0.911. The Balaban J connectivity index is 1.82. The number of aromatic nitrogens is 1. The van der Waals surface area contributed by atoms with E-state index in [-0.39, 0.29) is 12.3 Å². The van der Waals surface area contributed by atoms with Gasteiger partial charge in [0.15, 0.2) is 0 Å². The van der Waals surface area contributed by atoms with Gasteiger partial charge in [0.05, 0.1) is 28.9 Å². The van der Waals surface area contributed by atoms with Crippen LogP contribution in [0.25, 0.3) is 16.6 Å². The summed E-state index contributed by atoms with van der Waals surface area (Å²) in [6, 6.07) is 17.0. The molecule has 0 aliphatic heterocycles. The van der Waals surface area contributed by atoms with E-state index in [2.05, 4.69) is 0 Å². The first-order valence-electron chi connectivity index (χ1n) is 9.37. The third-order valence-corrected chi connectivity index (χ3v) is 4.81. The molecule has 4 rings (SSSR count). The van der Waals surface area contributed by atoms with Crippen LogP contribution in [0.2, 0.25) is 0 Å². The molecule has 4 nitrogen and oxygen atoms in total. The maximum atomic E-state index is 14.2. The van der Waals surface area contributed by atoms with Crippen molar-refractivity contribution >= 4 is 17.3 Å². The van der Waals surface area contributed by atoms with E-state index in [4.69, 9.17) is 4.74 Å². The van der Waals surface area contributed by atoms with Gasteiger partial charge in [-0.3, -0.25) is 4.79 Å². The first-order valence-corrected chi connectivity index (χ1v) is 9.37. The molecule has 0 saturated carbocycles. The summed E-state index contributed by atoms with van der Waals surface area (Å²) in [7, 11) is 0. The Bertz CT molecular complexity index is 1240. The third-order valence-electron chi connectivity index (χ3n) is 4.81. The van der Waals surface area contributed by atoms with Gasteiger partial charge in [0, 0.05) is 11.8 Å². The van der Waals surface area contributed by atoms with Gasteiger partial charge >= 0.3 is 5.97 Å². The highest BCUT2D eigenvalue weighted by atomic mass is 19.1. The lowest BCUT2D eigenvalue weighted by atomic mass is 10.0. The molecule has 0 fully saturated rings. The number of ketones is 1. The standard InChI is InChI=1S/C24H17F2NO3/c1-2-30-24(29)16-11-9-15(10-12-16)17-14-21(27-13-4-3-8-20(17)27)23(28)22-18(25)6-5-7-19(22)26/h3-14H,2H2,1H3. The Morgan fingerprint density at radius 3 is 2.30 bits per heavy atom. The number of halogens is 2. The number of ether oxygens (including phenoxy) is 1. The molecule has 6 heteroatoms. The molecular formula is C24H17F2NO3. The predicted octanol–water partition coefficient (Wildman–Crippen LogP) is 5.29. The summed E-state index contributed by atoms with van der Waals surface area (Å²) < 4.78 is 35.0. The molecule has 0 aliphatic rings. The van der Waals surface area contributed by atoms with E-state index in [9.17, 15) is 18.4 Å². The molecule has 30 heavy (non-hydrogen) atoms. The Morgan fingerprint density at radius 1 is 0.933 bits per heavy atom. The quantitative estimate of drug-likeness (QED) is 0.335. The highest BCUT2D eigenvalue weighted by Crippen LogP contribution is 2.30.